The number of piperazine rings is 1. The first kappa shape index (κ1) is 17.5. The van der Waals surface area contributed by atoms with E-state index in [9.17, 15) is 0 Å². The van der Waals surface area contributed by atoms with Crippen molar-refractivity contribution in [2.75, 3.05) is 55.3 Å². The minimum atomic E-state index is 0.650. The van der Waals surface area contributed by atoms with E-state index in [4.69, 9.17) is 5.73 Å². The predicted molar refractivity (Wildman–Crippen MR) is 113 cm³/mol. The molecule has 6 nitrogen and oxygen atoms in total. The molecule has 0 radical (unpaired) electrons. The van der Waals surface area contributed by atoms with Crippen molar-refractivity contribution in [1.82, 2.24) is 14.9 Å². The van der Waals surface area contributed by atoms with Gasteiger partial charge in [-0.2, -0.15) is 0 Å². The third kappa shape index (κ3) is 3.28. The lowest BCUT2D eigenvalue weighted by molar-refractivity contribution is 0.312. The van der Waals surface area contributed by atoms with E-state index in [1.807, 2.05) is 0 Å². The number of benzene rings is 2. The number of nitrogens with two attached hydrogens (primary N) is 1. The molecule has 2 N–H and O–H groups in total. The van der Waals surface area contributed by atoms with Crippen molar-refractivity contribution in [2.45, 2.75) is 6.92 Å². The molecule has 0 bridgehead atoms. The van der Waals surface area contributed by atoms with E-state index in [1.54, 1.807) is 6.33 Å². The summed E-state index contributed by atoms with van der Waals surface area (Å²) in [6.45, 7) is 6.78. The highest BCUT2D eigenvalue weighted by atomic mass is 15.3. The second kappa shape index (κ2) is 7.40. The molecule has 2 aromatic carbocycles. The van der Waals surface area contributed by atoms with Crippen molar-refractivity contribution < 1.29 is 0 Å². The van der Waals surface area contributed by atoms with Gasteiger partial charge in [-0.25, -0.2) is 9.97 Å². The summed E-state index contributed by atoms with van der Waals surface area (Å²) in [6, 6.07) is 14.7. The van der Waals surface area contributed by atoms with Crippen LogP contribution in [0.5, 0.6) is 0 Å². The zero-order valence-electron chi connectivity index (χ0n) is 16.0. The van der Waals surface area contributed by atoms with Gasteiger partial charge in [-0.3, -0.25) is 0 Å². The first-order valence-electron chi connectivity index (χ1n) is 9.48. The van der Waals surface area contributed by atoms with Gasteiger partial charge in [-0.05, 0) is 25.4 Å². The van der Waals surface area contributed by atoms with Crippen LogP contribution in [-0.2, 0) is 0 Å². The normalized spacial score (nSPS) is 15.3. The predicted octanol–water partition coefficient (Wildman–Crippen LogP) is 3.12. The quantitative estimate of drug-likeness (QED) is 0.769. The Kier molecular flexibility index (Phi) is 4.81. The lowest BCUT2D eigenvalue weighted by Crippen LogP contribution is -2.45. The average molecular weight is 362 g/mol. The van der Waals surface area contributed by atoms with Crippen LogP contribution in [0.3, 0.4) is 0 Å². The van der Waals surface area contributed by atoms with Gasteiger partial charge in [0.2, 0.25) is 0 Å². The fourth-order valence-corrected chi connectivity index (χ4v) is 3.74. The smallest absolute Gasteiger partial charge is 0.161 e. The fraction of sp³-hybridized carbons (Fsp3) is 0.333. The number of hydrogen-bond donors (Lipinski definition) is 1. The summed E-state index contributed by atoms with van der Waals surface area (Å²) in [4.78, 5) is 15.8. The Morgan fingerprint density at radius 1 is 1.00 bits per heavy atom. The minimum absolute atomic E-state index is 0.650. The van der Waals surface area contributed by atoms with Gasteiger partial charge in [0.05, 0.1) is 5.69 Å². The van der Waals surface area contributed by atoms with E-state index in [0.29, 0.717) is 5.69 Å². The number of anilines is 4. The lowest BCUT2D eigenvalue weighted by Gasteiger charge is -2.34. The second-order valence-electron chi connectivity index (χ2n) is 6.97. The summed E-state index contributed by atoms with van der Waals surface area (Å²) < 4.78 is 0. The third-order valence-corrected chi connectivity index (χ3v) is 5.27. The van der Waals surface area contributed by atoms with E-state index in [2.05, 4.69) is 81.1 Å². The number of aromatic nitrogens is 2. The molecule has 0 saturated carbocycles. The molecule has 6 heteroatoms. The molecular weight excluding hydrogens is 336 g/mol. The van der Waals surface area contributed by atoms with Crippen LogP contribution in [0.25, 0.3) is 10.8 Å². The first-order chi connectivity index (χ1) is 13.2. The van der Waals surface area contributed by atoms with E-state index in [-0.39, 0.29) is 0 Å². The summed E-state index contributed by atoms with van der Waals surface area (Å²) in [5.74, 6) is 1.62. The highest BCUT2D eigenvalue weighted by molar-refractivity contribution is 5.97. The van der Waals surface area contributed by atoms with E-state index in [1.165, 1.54) is 10.8 Å². The summed E-state index contributed by atoms with van der Waals surface area (Å²) in [5.41, 5.74) is 8.35. The van der Waals surface area contributed by atoms with Crippen LogP contribution in [0, 0.1) is 0 Å². The molecule has 3 aromatic rings. The maximum Gasteiger partial charge on any atom is 0.161 e. The molecular formula is C21H26N6. The Bertz CT molecular complexity index is 928. The molecule has 0 unspecified atom stereocenters. The molecule has 0 amide bonds. The number of likely N-dealkylation sites (N-methyl/N-ethyl adjacent to an activating group) is 1. The topological polar surface area (TPSA) is 61.5 Å². The van der Waals surface area contributed by atoms with Crippen molar-refractivity contribution in [1.29, 1.82) is 0 Å². The van der Waals surface area contributed by atoms with Crippen molar-refractivity contribution in [2.24, 2.45) is 0 Å². The van der Waals surface area contributed by atoms with E-state index >= 15 is 0 Å². The van der Waals surface area contributed by atoms with Gasteiger partial charge >= 0.3 is 0 Å². The van der Waals surface area contributed by atoms with Gasteiger partial charge in [-0.15, -0.1) is 0 Å². The Hall–Kier alpha value is -2.86. The average Bonchev–Trinajstić information content (AvgIpc) is 2.71. The van der Waals surface area contributed by atoms with Crippen LogP contribution in [0.4, 0.5) is 23.0 Å². The number of nitrogens with zero attached hydrogens (tertiary/aromatic N) is 5. The monoisotopic (exact) mass is 362 g/mol. The molecule has 4 rings (SSSR count). The van der Waals surface area contributed by atoms with Gasteiger partial charge < -0.3 is 20.4 Å². The Labute approximate surface area is 160 Å². The molecule has 1 aromatic heterocycles. The van der Waals surface area contributed by atoms with Gasteiger partial charge in [-0.1, -0.05) is 36.4 Å². The van der Waals surface area contributed by atoms with Crippen molar-refractivity contribution >= 4 is 33.8 Å². The van der Waals surface area contributed by atoms with Crippen molar-refractivity contribution in [3.8, 4) is 0 Å². The Balaban J connectivity index is 1.76. The minimum Gasteiger partial charge on any atom is -0.393 e. The van der Waals surface area contributed by atoms with Gasteiger partial charge in [0, 0.05) is 38.1 Å². The Morgan fingerprint density at radius 2 is 1.74 bits per heavy atom. The van der Waals surface area contributed by atoms with Crippen molar-refractivity contribution in [3.05, 3.63) is 48.8 Å². The number of nitrogen functional groups attached to an aromatic ring is 1. The molecule has 0 aliphatic carbocycles. The maximum atomic E-state index is 6.58. The van der Waals surface area contributed by atoms with Crippen LogP contribution in [0.15, 0.2) is 48.8 Å². The highest BCUT2D eigenvalue weighted by Crippen LogP contribution is 2.36. The molecule has 140 valence electrons. The van der Waals surface area contributed by atoms with Gasteiger partial charge in [0.15, 0.2) is 11.6 Å². The molecule has 1 aliphatic rings. The summed E-state index contributed by atoms with van der Waals surface area (Å²) >= 11 is 0. The third-order valence-electron chi connectivity index (χ3n) is 5.27. The number of rotatable bonds is 4. The largest absolute Gasteiger partial charge is 0.393 e. The van der Waals surface area contributed by atoms with Gasteiger partial charge in [0.1, 0.15) is 12.0 Å². The first-order valence-corrected chi connectivity index (χ1v) is 9.48. The maximum absolute atomic E-state index is 6.58. The lowest BCUT2D eigenvalue weighted by atomic mass is 10.1. The fourth-order valence-electron chi connectivity index (χ4n) is 3.74. The molecule has 1 saturated heterocycles. The number of hydrogen-bond acceptors (Lipinski definition) is 6. The van der Waals surface area contributed by atoms with E-state index < -0.39 is 0 Å². The molecule has 0 spiro atoms. The molecule has 27 heavy (non-hydrogen) atoms. The standard InChI is InChI=1S/C21H26N6/c1-3-27(18-10-6-8-16-7-4-5-9-17(16)18)21-19(22)20(23-15-24-21)26-13-11-25(2)12-14-26/h4-10,15H,3,11-14,22H2,1-2H3. The summed E-state index contributed by atoms with van der Waals surface area (Å²) in [5, 5.41) is 2.40. The van der Waals surface area contributed by atoms with Crippen LogP contribution < -0.4 is 15.5 Å². The van der Waals surface area contributed by atoms with Gasteiger partial charge in [0.25, 0.3) is 0 Å². The molecule has 1 aliphatic heterocycles. The summed E-state index contributed by atoms with van der Waals surface area (Å²) in [7, 11) is 2.14. The molecule has 0 atom stereocenters. The Morgan fingerprint density at radius 3 is 2.52 bits per heavy atom. The SMILES string of the molecule is CCN(c1ncnc(N2CCN(C)CC2)c1N)c1cccc2ccccc12. The van der Waals surface area contributed by atoms with Crippen LogP contribution >= 0.6 is 0 Å². The van der Waals surface area contributed by atoms with Crippen LogP contribution in [-0.4, -0.2) is 54.6 Å². The van der Waals surface area contributed by atoms with Crippen molar-refractivity contribution in [3.63, 3.8) is 0 Å². The van der Waals surface area contributed by atoms with Crippen LogP contribution in [0.2, 0.25) is 0 Å². The molecule has 2 heterocycles. The summed E-state index contributed by atoms with van der Waals surface area (Å²) in [6.07, 6.45) is 1.63. The zero-order valence-corrected chi connectivity index (χ0v) is 16.0. The molecule has 1 fully saturated rings. The highest BCUT2D eigenvalue weighted by Gasteiger charge is 2.22. The van der Waals surface area contributed by atoms with E-state index in [0.717, 1.165) is 50.0 Å². The van der Waals surface area contributed by atoms with Crippen LogP contribution in [0.1, 0.15) is 6.92 Å². The number of fused-ring (bicyclic) bond motifs is 1. The zero-order chi connectivity index (χ0) is 18.8. The second-order valence-corrected chi connectivity index (χ2v) is 6.97.